The lowest BCUT2D eigenvalue weighted by Gasteiger charge is -2.26. The quantitative estimate of drug-likeness (QED) is 0.663. The summed E-state index contributed by atoms with van der Waals surface area (Å²) in [5.74, 6) is 1.36. The minimum atomic E-state index is -0.0858. The third-order valence-corrected chi connectivity index (χ3v) is 5.09. The fourth-order valence-electron chi connectivity index (χ4n) is 3.40. The third-order valence-electron chi connectivity index (χ3n) is 4.77. The van der Waals surface area contributed by atoms with Crippen LogP contribution in [0.3, 0.4) is 0 Å². The first-order valence-corrected chi connectivity index (χ1v) is 9.20. The van der Waals surface area contributed by atoms with Gasteiger partial charge in [-0.2, -0.15) is 0 Å². The van der Waals surface area contributed by atoms with Crippen LogP contribution in [0.2, 0.25) is 0 Å². The molecule has 4 nitrogen and oxygen atoms in total. The number of aromatic nitrogens is 1. The number of benzene rings is 1. The van der Waals surface area contributed by atoms with Gasteiger partial charge in [-0.1, -0.05) is 32.0 Å². The van der Waals surface area contributed by atoms with Crippen molar-refractivity contribution in [3.05, 3.63) is 84.1 Å². The fraction of sp³-hybridized carbons (Fsp3) is 0.238. The van der Waals surface area contributed by atoms with Crippen molar-refractivity contribution < 1.29 is 4.42 Å². The first-order valence-electron chi connectivity index (χ1n) is 8.79. The Labute approximate surface area is 158 Å². The van der Waals surface area contributed by atoms with Gasteiger partial charge < -0.3 is 14.6 Å². The van der Waals surface area contributed by atoms with Crippen molar-refractivity contribution in [1.82, 2.24) is 10.3 Å². The molecule has 0 saturated carbocycles. The lowest BCUT2D eigenvalue weighted by atomic mass is 10.0. The van der Waals surface area contributed by atoms with E-state index in [1.165, 1.54) is 5.56 Å². The summed E-state index contributed by atoms with van der Waals surface area (Å²) in [6.07, 6.45) is 3.51. The summed E-state index contributed by atoms with van der Waals surface area (Å²) in [5, 5.41) is 4.11. The predicted molar refractivity (Wildman–Crippen MR) is 107 cm³/mol. The van der Waals surface area contributed by atoms with Crippen molar-refractivity contribution in [2.45, 2.75) is 31.8 Å². The van der Waals surface area contributed by atoms with Crippen molar-refractivity contribution in [3.63, 3.8) is 0 Å². The molecule has 0 unspecified atom stereocenters. The van der Waals surface area contributed by atoms with Crippen LogP contribution in [-0.4, -0.2) is 10.1 Å². The van der Waals surface area contributed by atoms with E-state index in [4.69, 9.17) is 16.6 Å². The number of anilines is 1. The van der Waals surface area contributed by atoms with Gasteiger partial charge >= 0.3 is 0 Å². The molecule has 2 aromatic heterocycles. The second kappa shape index (κ2) is 6.92. The van der Waals surface area contributed by atoms with E-state index in [2.05, 4.69) is 53.3 Å². The number of hydrogen-bond acceptors (Lipinski definition) is 3. The Kier molecular flexibility index (Phi) is 4.47. The number of nitrogens with zero attached hydrogens (tertiary/aromatic N) is 2. The number of thiocarbonyl (C=S) groups is 1. The van der Waals surface area contributed by atoms with E-state index >= 15 is 0 Å². The molecule has 0 aliphatic carbocycles. The summed E-state index contributed by atoms with van der Waals surface area (Å²) in [7, 11) is 0. The van der Waals surface area contributed by atoms with Crippen LogP contribution >= 0.6 is 12.2 Å². The Balaban J connectivity index is 1.76. The normalized spacial score (nSPS) is 19.8. The van der Waals surface area contributed by atoms with Crippen molar-refractivity contribution in [2.24, 2.45) is 0 Å². The van der Waals surface area contributed by atoms with E-state index < -0.39 is 0 Å². The molecule has 3 aromatic rings. The molecule has 1 aliphatic rings. The van der Waals surface area contributed by atoms with E-state index in [1.807, 2.05) is 30.3 Å². The van der Waals surface area contributed by atoms with Crippen molar-refractivity contribution in [1.29, 1.82) is 0 Å². The monoisotopic (exact) mass is 363 g/mol. The maximum atomic E-state index is 5.76. The van der Waals surface area contributed by atoms with Gasteiger partial charge in [0.25, 0.3) is 0 Å². The molecular formula is C21H21N3OS. The van der Waals surface area contributed by atoms with Crippen molar-refractivity contribution >= 4 is 23.0 Å². The molecule has 0 bridgehead atoms. The van der Waals surface area contributed by atoms with E-state index in [0.717, 1.165) is 17.1 Å². The lowest BCUT2D eigenvalue weighted by molar-refractivity contribution is 0.432. The Morgan fingerprint density at radius 2 is 1.88 bits per heavy atom. The minimum absolute atomic E-state index is 0.0698. The van der Waals surface area contributed by atoms with E-state index in [9.17, 15) is 0 Å². The summed E-state index contributed by atoms with van der Waals surface area (Å²) in [6.45, 7) is 4.39. The maximum Gasteiger partial charge on any atom is 0.174 e. The van der Waals surface area contributed by atoms with Crippen LogP contribution in [0.1, 0.15) is 48.9 Å². The lowest BCUT2D eigenvalue weighted by Crippen LogP contribution is -2.29. The van der Waals surface area contributed by atoms with Crippen LogP contribution < -0.4 is 10.2 Å². The Hall–Kier alpha value is -2.66. The largest absolute Gasteiger partial charge is 0.467 e. The van der Waals surface area contributed by atoms with Crippen LogP contribution in [0.25, 0.3) is 0 Å². The fourth-order valence-corrected chi connectivity index (χ4v) is 3.75. The molecule has 1 aromatic carbocycles. The molecule has 1 saturated heterocycles. The Morgan fingerprint density at radius 3 is 2.50 bits per heavy atom. The second-order valence-electron chi connectivity index (χ2n) is 6.76. The summed E-state index contributed by atoms with van der Waals surface area (Å²) >= 11 is 5.68. The average Bonchev–Trinajstić information content (AvgIpc) is 3.30. The van der Waals surface area contributed by atoms with E-state index in [-0.39, 0.29) is 12.1 Å². The molecule has 3 heterocycles. The highest BCUT2D eigenvalue weighted by atomic mass is 32.1. The molecular weight excluding hydrogens is 342 g/mol. The molecule has 0 radical (unpaired) electrons. The first kappa shape index (κ1) is 16.8. The van der Waals surface area contributed by atoms with Crippen LogP contribution in [0.15, 0.2) is 71.5 Å². The molecule has 1 aliphatic heterocycles. The van der Waals surface area contributed by atoms with Gasteiger partial charge in [0.2, 0.25) is 0 Å². The number of furan rings is 1. The molecule has 132 valence electrons. The molecule has 4 rings (SSSR count). The summed E-state index contributed by atoms with van der Waals surface area (Å²) in [4.78, 5) is 6.65. The highest BCUT2D eigenvalue weighted by Gasteiger charge is 2.42. The number of hydrogen-bond donors (Lipinski definition) is 1. The number of rotatable bonds is 4. The average molecular weight is 363 g/mol. The summed E-state index contributed by atoms with van der Waals surface area (Å²) in [5.41, 5.74) is 3.30. The second-order valence-corrected chi connectivity index (χ2v) is 7.14. The van der Waals surface area contributed by atoms with Gasteiger partial charge in [-0.15, -0.1) is 0 Å². The topological polar surface area (TPSA) is 41.3 Å². The van der Waals surface area contributed by atoms with Gasteiger partial charge in [0, 0.05) is 11.9 Å². The van der Waals surface area contributed by atoms with E-state index in [1.54, 1.807) is 12.5 Å². The van der Waals surface area contributed by atoms with Gasteiger partial charge in [-0.25, -0.2) is 0 Å². The molecule has 26 heavy (non-hydrogen) atoms. The van der Waals surface area contributed by atoms with Crippen LogP contribution in [0.4, 0.5) is 5.69 Å². The van der Waals surface area contributed by atoms with Crippen molar-refractivity contribution in [2.75, 3.05) is 4.90 Å². The number of pyridine rings is 1. The maximum absolute atomic E-state index is 5.76. The molecule has 0 spiro atoms. The molecule has 0 amide bonds. The van der Waals surface area contributed by atoms with Gasteiger partial charge in [0.15, 0.2) is 5.11 Å². The zero-order chi connectivity index (χ0) is 18.1. The molecule has 1 fully saturated rings. The SMILES string of the molecule is CC(C)c1ccc(N2C(=S)N[C@@H](c3ccccn3)[C@H]2c2ccco2)cc1. The minimum Gasteiger partial charge on any atom is -0.467 e. The van der Waals surface area contributed by atoms with Gasteiger partial charge in [0.1, 0.15) is 11.8 Å². The summed E-state index contributed by atoms with van der Waals surface area (Å²) in [6, 6.07) is 18.2. The highest BCUT2D eigenvalue weighted by molar-refractivity contribution is 7.80. The Morgan fingerprint density at radius 1 is 1.08 bits per heavy atom. The zero-order valence-corrected chi connectivity index (χ0v) is 15.6. The molecule has 1 N–H and O–H groups in total. The van der Waals surface area contributed by atoms with Crippen LogP contribution in [0.5, 0.6) is 0 Å². The number of nitrogens with one attached hydrogen (secondary N) is 1. The molecule has 5 heteroatoms. The Bertz CT molecular complexity index is 875. The van der Waals surface area contributed by atoms with Gasteiger partial charge in [-0.05, 0) is 60.1 Å². The van der Waals surface area contributed by atoms with E-state index in [0.29, 0.717) is 11.0 Å². The standard InChI is InChI=1S/C21H21N3OS/c1-14(2)15-8-10-16(11-9-15)24-20(18-7-5-13-25-18)19(23-21(24)26)17-6-3-4-12-22-17/h3-14,19-20H,1-2H3,(H,23,26)/t19-,20+/m0/s1. The summed E-state index contributed by atoms with van der Waals surface area (Å²) < 4.78 is 5.76. The smallest absolute Gasteiger partial charge is 0.174 e. The van der Waals surface area contributed by atoms with Crippen LogP contribution in [-0.2, 0) is 0 Å². The first-order chi connectivity index (χ1) is 12.6. The third kappa shape index (κ3) is 2.99. The predicted octanol–water partition coefficient (Wildman–Crippen LogP) is 4.98. The highest BCUT2D eigenvalue weighted by Crippen LogP contribution is 2.41. The van der Waals surface area contributed by atoms with Crippen molar-refractivity contribution in [3.8, 4) is 0 Å². The molecule has 2 atom stereocenters. The van der Waals surface area contributed by atoms with Crippen LogP contribution in [0, 0.1) is 0 Å². The van der Waals surface area contributed by atoms with Gasteiger partial charge in [-0.3, -0.25) is 4.98 Å². The van der Waals surface area contributed by atoms with Gasteiger partial charge in [0.05, 0.1) is 18.0 Å². The zero-order valence-electron chi connectivity index (χ0n) is 14.8.